The highest BCUT2D eigenvalue weighted by atomic mass is 35.5. The minimum atomic E-state index is -0.929. The molecule has 1 N–H and O–H groups in total. The van der Waals surface area contributed by atoms with Crippen molar-refractivity contribution >= 4 is 23.2 Å². The molecule has 0 bridgehead atoms. The molecule has 0 aliphatic rings. The van der Waals surface area contributed by atoms with E-state index in [9.17, 15) is 5.11 Å². The van der Waals surface area contributed by atoms with Gasteiger partial charge in [0.2, 0.25) is 0 Å². The van der Waals surface area contributed by atoms with Gasteiger partial charge in [-0.05, 0) is 19.9 Å². The molecule has 0 fully saturated rings. The van der Waals surface area contributed by atoms with Crippen molar-refractivity contribution in [3.63, 3.8) is 0 Å². The van der Waals surface area contributed by atoms with Crippen molar-refractivity contribution in [2.75, 3.05) is 0 Å². The van der Waals surface area contributed by atoms with Crippen LogP contribution in [0, 0.1) is 0 Å². The normalized spacial score (nSPS) is 11.8. The lowest BCUT2D eigenvalue weighted by Crippen LogP contribution is -2.15. The highest BCUT2D eigenvalue weighted by Crippen LogP contribution is 2.25. The molecule has 0 saturated carbocycles. The summed E-state index contributed by atoms with van der Waals surface area (Å²) in [6, 6.07) is 1.61. The average Bonchev–Trinajstić information content (AvgIpc) is 1.92. The number of rotatable bonds is 1. The van der Waals surface area contributed by atoms with E-state index in [1.807, 2.05) is 0 Å². The predicted octanol–water partition coefficient (Wildman–Crippen LogP) is 2.62. The molecule has 2 nitrogen and oxygen atoms in total. The Balaban J connectivity index is 3.14. The van der Waals surface area contributed by atoms with Gasteiger partial charge in [-0.25, -0.2) is 4.98 Å². The van der Waals surface area contributed by atoms with Crippen LogP contribution in [0.25, 0.3) is 0 Å². The summed E-state index contributed by atoms with van der Waals surface area (Å²) in [5, 5.41) is 10.2. The van der Waals surface area contributed by atoms with Crippen LogP contribution >= 0.6 is 23.2 Å². The van der Waals surface area contributed by atoms with Crippen molar-refractivity contribution in [2.45, 2.75) is 19.4 Å². The van der Waals surface area contributed by atoms with Gasteiger partial charge >= 0.3 is 0 Å². The fraction of sp³-hybridized carbons (Fsp3) is 0.375. The smallest absolute Gasteiger partial charge is 0.147 e. The van der Waals surface area contributed by atoms with Crippen LogP contribution in [0.3, 0.4) is 0 Å². The minimum Gasteiger partial charge on any atom is -0.386 e. The second-order valence-corrected chi connectivity index (χ2v) is 3.82. The molecule has 66 valence electrons. The zero-order valence-electron chi connectivity index (χ0n) is 6.81. The second-order valence-electron chi connectivity index (χ2n) is 3.06. The molecule has 1 heterocycles. The number of aromatic nitrogens is 1. The van der Waals surface area contributed by atoms with Crippen LogP contribution in [-0.2, 0) is 5.60 Å². The number of aliphatic hydroxyl groups is 1. The van der Waals surface area contributed by atoms with Crippen molar-refractivity contribution in [1.29, 1.82) is 0 Å². The van der Waals surface area contributed by atoms with Gasteiger partial charge in [0.05, 0.1) is 10.6 Å². The van der Waals surface area contributed by atoms with Gasteiger partial charge in [-0.1, -0.05) is 23.2 Å². The summed E-state index contributed by atoms with van der Waals surface area (Å²) in [4.78, 5) is 3.82. The van der Waals surface area contributed by atoms with Gasteiger partial charge in [0, 0.05) is 11.8 Å². The van der Waals surface area contributed by atoms with E-state index in [-0.39, 0.29) is 5.15 Å². The van der Waals surface area contributed by atoms with Crippen LogP contribution < -0.4 is 0 Å². The largest absolute Gasteiger partial charge is 0.386 e. The fourth-order valence-corrected chi connectivity index (χ4v) is 1.03. The van der Waals surface area contributed by atoms with E-state index in [0.717, 1.165) is 0 Å². The molecule has 1 aromatic heterocycles. The standard InChI is InChI=1S/C8H9Cl2NO/c1-8(2,12)5-3-6(9)7(10)11-4-5/h3-4,12H,1-2H3. The van der Waals surface area contributed by atoms with Crippen LogP contribution in [0.2, 0.25) is 10.2 Å². The van der Waals surface area contributed by atoms with Crippen molar-refractivity contribution in [3.05, 3.63) is 28.0 Å². The maximum absolute atomic E-state index is 9.56. The molecule has 0 saturated heterocycles. The van der Waals surface area contributed by atoms with E-state index in [0.29, 0.717) is 10.6 Å². The van der Waals surface area contributed by atoms with Crippen molar-refractivity contribution in [3.8, 4) is 0 Å². The van der Waals surface area contributed by atoms with Crippen LogP contribution in [0.5, 0.6) is 0 Å². The Labute approximate surface area is 81.1 Å². The third-order valence-electron chi connectivity index (χ3n) is 1.50. The molecule has 1 rings (SSSR count). The Morgan fingerprint density at radius 3 is 2.42 bits per heavy atom. The Bertz CT molecular complexity index is 294. The molecule has 0 aliphatic heterocycles. The second kappa shape index (κ2) is 3.21. The summed E-state index contributed by atoms with van der Waals surface area (Å²) in [6.45, 7) is 3.32. The minimum absolute atomic E-state index is 0.254. The fourth-order valence-electron chi connectivity index (χ4n) is 0.756. The number of hydrogen-bond donors (Lipinski definition) is 1. The quantitative estimate of drug-likeness (QED) is 0.716. The Hall–Kier alpha value is -0.310. The van der Waals surface area contributed by atoms with Gasteiger partial charge in [-0.2, -0.15) is 0 Å². The van der Waals surface area contributed by atoms with E-state index in [4.69, 9.17) is 23.2 Å². The van der Waals surface area contributed by atoms with Gasteiger partial charge in [0.25, 0.3) is 0 Å². The third-order valence-corrected chi connectivity index (χ3v) is 2.19. The summed E-state index contributed by atoms with van der Waals surface area (Å²) >= 11 is 11.3. The number of nitrogens with zero attached hydrogens (tertiary/aromatic N) is 1. The Kier molecular flexibility index (Phi) is 2.61. The van der Waals surface area contributed by atoms with Crippen molar-refractivity contribution in [1.82, 2.24) is 4.98 Å². The zero-order valence-corrected chi connectivity index (χ0v) is 8.32. The summed E-state index contributed by atoms with van der Waals surface area (Å²) < 4.78 is 0. The molecule has 1 aromatic rings. The molecule has 0 amide bonds. The van der Waals surface area contributed by atoms with Crippen LogP contribution in [0.4, 0.5) is 0 Å². The van der Waals surface area contributed by atoms with Gasteiger partial charge in [-0.15, -0.1) is 0 Å². The maximum Gasteiger partial charge on any atom is 0.147 e. The summed E-state index contributed by atoms with van der Waals surface area (Å²) in [7, 11) is 0. The van der Waals surface area contributed by atoms with Gasteiger partial charge in [0.1, 0.15) is 5.15 Å². The van der Waals surface area contributed by atoms with E-state index >= 15 is 0 Å². The molecule has 0 spiro atoms. The summed E-state index contributed by atoms with van der Waals surface area (Å²) in [5.74, 6) is 0. The van der Waals surface area contributed by atoms with E-state index in [2.05, 4.69) is 4.98 Å². The first kappa shape index (κ1) is 9.78. The monoisotopic (exact) mass is 205 g/mol. The first-order valence-electron chi connectivity index (χ1n) is 3.45. The highest BCUT2D eigenvalue weighted by Gasteiger charge is 2.17. The zero-order chi connectivity index (χ0) is 9.35. The molecular formula is C8H9Cl2NO. The third kappa shape index (κ3) is 2.09. The SMILES string of the molecule is CC(C)(O)c1cnc(Cl)c(Cl)c1. The van der Waals surface area contributed by atoms with Crippen LogP contribution in [-0.4, -0.2) is 10.1 Å². The Morgan fingerprint density at radius 1 is 1.42 bits per heavy atom. The molecule has 0 aromatic carbocycles. The van der Waals surface area contributed by atoms with Crippen LogP contribution in [0.1, 0.15) is 19.4 Å². The molecule has 0 aliphatic carbocycles. The first-order chi connectivity index (χ1) is 5.41. The number of hydrogen-bond acceptors (Lipinski definition) is 2. The summed E-state index contributed by atoms with van der Waals surface area (Å²) in [6.07, 6.45) is 1.51. The van der Waals surface area contributed by atoms with E-state index in [1.165, 1.54) is 6.20 Å². The van der Waals surface area contributed by atoms with Gasteiger partial charge < -0.3 is 5.11 Å². The van der Waals surface area contributed by atoms with E-state index < -0.39 is 5.60 Å². The molecule has 12 heavy (non-hydrogen) atoms. The number of halogens is 2. The Morgan fingerprint density at radius 2 is 2.00 bits per heavy atom. The molecule has 0 unspecified atom stereocenters. The lowest BCUT2D eigenvalue weighted by Gasteiger charge is -2.17. The first-order valence-corrected chi connectivity index (χ1v) is 4.21. The highest BCUT2D eigenvalue weighted by molar-refractivity contribution is 6.41. The van der Waals surface area contributed by atoms with E-state index in [1.54, 1.807) is 19.9 Å². The molecule has 0 radical (unpaired) electrons. The van der Waals surface area contributed by atoms with Crippen LogP contribution in [0.15, 0.2) is 12.3 Å². The molecular weight excluding hydrogens is 197 g/mol. The van der Waals surface area contributed by atoms with Gasteiger partial charge in [0.15, 0.2) is 0 Å². The predicted molar refractivity (Wildman–Crippen MR) is 49.5 cm³/mol. The average molecular weight is 206 g/mol. The van der Waals surface area contributed by atoms with Crippen molar-refractivity contribution in [2.24, 2.45) is 0 Å². The number of pyridine rings is 1. The lowest BCUT2D eigenvalue weighted by molar-refractivity contribution is 0.0782. The van der Waals surface area contributed by atoms with Crippen molar-refractivity contribution < 1.29 is 5.11 Å². The molecule has 0 atom stereocenters. The van der Waals surface area contributed by atoms with Gasteiger partial charge in [-0.3, -0.25) is 0 Å². The topological polar surface area (TPSA) is 33.1 Å². The maximum atomic E-state index is 9.56. The lowest BCUT2D eigenvalue weighted by atomic mass is 10.0. The summed E-state index contributed by atoms with van der Waals surface area (Å²) in [5.41, 5.74) is -0.279. The molecule has 4 heteroatoms.